The molecular formula is C17H32. The minimum atomic E-state index is 0.470. The van der Waals surface area contributed by atoms with Gasteiger partial charge in [0, 0.05) is 0 Å². The van der Waals surface area contributed by atoms with Crippen LogP contribution in [0.1, 0.15) is 80.1 Å². The summed E-state index contributed by atoms with van der Waals surface area (Å²) in [4.78, 5) is 0. The van der Waals surface area contributed by atoms with Crippen LogP contribution in [-0.2, 0) is 0 Å². The molecule has 0 saturated heterocycles. The number of rotatable bonds is 3. The molecule has 0 N–H and O–H groups in total. The van der Waals surface area contributed by atoms with Gasteiger partial charge in [0.05, 0.1) is 0 Å². The van der Waals surface area contributed by atoms with Gasteiger partial charge in [0.25, 0.3) is 0 Å². The fraction of sp³-hybridized carbons (Fsp3) is 1.00. The van der Waals surface area contributed by atoms with Gasteiger partial charge in [-0.3, -0.25) is 0 Å². The van der Waals surface area contributed by atoms with Gasteiger partial charge in [0.1, 0.15) is 0 Å². The largest absolute Gasteiger partial charge is 0.0602 e. The first kappa shape index (κ1) is 13.4. The van der Waals surface area contributed by atoms with Gasteiger partial charge in [-0.15, -0.1) is 0 Å². The molecule has 3 atom stereocenters. The maximum Gasteiger partial charge on any atom is -0.0290 e. The summed E-state index contributed by atoms with van der Waals surface area (Å²) in [6.07, 6.45) is 8.91. The zero-order chi connectivity index (χ0) is 12.9. The second-order valence-corrected chi connectivity index (χ2v) is 9.31. The molecule has 2 rings (SSSR count). The molecule has 17 heavy (non-hydrogen) atoms. The highest BCUT2D eigenvalue weighted by molar-refractivity contribution is 5.00. The van der Waals surface area contributed by atoms with Crippen molar-refractivity contribution in [1.82, 2.24) is 0 Å². The van der Waals surface area contributed by atoms with E-state index in [1.807, 2.05) is 0 Å². The molecule has 2 bridgehead atoms. The molecule has 0 aromatic rings. The molecule has 2 aliphatic carbocycles. The Hall–Kier alpha value is 0. The van der Waals surface area contributed by atoms with E-state index in [1.165, 1.54) is 32.1 Å². The Morgan fingerprint density at radius 2 is 1.71 bits per heavy atom. The summed E-state index contributed by atoms with van der Waals surface area (Å²) in [5, 5.41) is 0. The third-order valence-corrected chi connectivity index (χ3v) is 5.17. The summed E-state index contributed by atoms with van der Waals surface area (Å²) in [7, 11) is 0. The zero-order valence-corrected chi connectivity index (χ0v) is 12.9. The third kappa shape index (κ3) is 3.06. The zero-order valence-electron chi connectivity index (χ0n) is 12.9. The van der Waals surface area contributed by atoms with Crippen LogP contribution in [0, 0.1) is 28.1 Å². The summed E-state index contributed by atoms with van der Waals surface area (Å²) in [6, 6.07) is 0. The molecule has 3 unspecified atom stereocenters. The van der Waals surface area contributed by atoms with Crippen LogP contribution in [0.15, 0.2) is 0 Å². The minimum absolute atomic E-state index is 0.470. The lowest BCUT2D eigenvalue weighted by Gasteiger charge is -2.43. The molecule has 0 aromatic heterocycles. The van der Waals surface area contributed by atoms with Crippen molar-refractivity contribution < 1.29 is 0 Å². The van der Waals surface area contributed by atoms with Crippen LogP contribution >= 0.6 is 0 Å². The standard InChI is InChI=1S/C17H32/c1-15(2,3)11-16(4,5)12-17(6)10-13-7-8-14(17)9-13/h13-14H,7-12H2,1-6H3. The second-order valence-electron chi connectivity index (χ2n) is 9.31. The smallest absolute Gasteiger partial charge is 0.0290 e. The lowest BCUT2D eigenvalue weighted by molar-refractivity contribution is 0.0772. The topological polar surface area (TPSA) is 0 Å². The van der Waals surface area contributed by atoms with E-state index in [0.717, 1.165) is 11.8 Å². The third-order valence-electron chi connectivity index (χ3n) is 5.17. The molecule has 0 aliphatic heterocycles. The van der Waals surface area contributed by atoms with E-state index in [4.69, 9.17) is 0 Å². The van der Waals surface area contributed by atoms with Crippen molar-refractivity contribution in [3.63, 3.8) is 0 Å². The molecule has 0 amide bonds. The van der Waals surface area contributed by atoms with Gasteiger partial charge in [-0.05, 0) is 60.2 Å². The summed E-state index contributed by atoms with van der Waals surface area (Å²) in [5.74, 6) is 2.13. The fourth-order valence-corrected chi connectivity index (χ4v) is 5.53. The van der Waals surface area contributed by atoms with Crippen LogP contribution in [0.3, 0.4) is 0 Å². The monoisotopic (exact) mass is 236 g/mol. The van der Waals surface area contributed by atoms with Crippen LogP contribution in [0.5, 0.6) is 0 Å². The maximum absolute atomic E-state index is 2.58. The van der Waals surface area contributed by atoms with Crippen LogP contribution in [0.4, 0.5) is 0 Å². The molecular weight excluding hydrogens is 204 g/mol. The van der Waals surface area contributed by atoms with Crippen LogP contribution < -0.4 is 0 Å². The highest BCUT2D eigenvalue weighted by atomic mass is 14.5. The van der Waals surface area contributed by atoms with Crippen molar-refractivity contribution in [2.75, 3.05) is 0 Å². The van der Waals surface area contributed by atoms with E-state index in [1.54, 1.807) is 6.42 Å². The van der Waals surface area contributed by atoms with Crippen molar-refractivity contribution in [2.45, 2.75) is 80.1 Å². The number of fused-ring (bicyclic) bond motifs is 2. The maximum atomic E-state index is 2.58. The Bertz CT molecular complexity index is 281. The average molecular weight is 236 g/mol. The summed E-state index contributed by atoms with van der Waals surface area (Å²) >= 11 is 0. The first-order chi connectivity index (χ1) is 7.60. The molecule has 0 spiro atoms. The number of hydrogen-bond acceptors (Lipinski definition) is 0. The normalized spacial score (nSPS) is 37.8. The first-order valence-electron chi connectivity index (χ1n) is 7.60. The van der Waals surface area contributed by atoms with Crippen molar-refractivity contribution in [3.8, 4) is 0 Å². The molecule has 2 aliphatic rings. The molecule has 0 nitrogen and oxygen atoms in total. The van der Waals surface area contributed by atoms with Crippen LogP contribution in [0.2, 0.25) is 0 Å². The molecule has 0 radical (unpaired) electrons. The molecule has 2 saturated carbocycles. The molecule has 2 fully saturated rings. The van der Waals surface area contributed by atoms with Crippen molar-refractivity contribution >= 4 is 0 Å². The Kier molecular flexibility index (Phi) is 3.16. The quantitative estimate of drug-likeness (QED) is 0.592. The van der Waals surface area contributed by atoms with E-state index >= 15 is 0 Å². The van der Waals surface area contributed by atoms with Gasteiger partial charge in [0.2, 0.25) is 0 Å². The van der Waals surface area contributed by atoms with Crippen molar-refractivity contribution in [3.05, 3.63) is 0 Å². The predicted molar refractivity (Wildman–Crippen MR) is 76.0 cm³/mol. The average Bonchev–Trinajstić information content (AvgIpc) is 2.54. The molecule has 0 heterocycles. The minimum Gasteiger partial charge on any atom is -0.0602 e. The van der Waals surface area contributed by atoms with Crippen LogP contribution in [0.25, 0.3) is 0 Å². The highest BCUT2D eigenvalue weighted by Gasteiger charge is 2.49. The Balaban J connectivity index is 2.00. The summed E-state index contributed by atoms with van der Waals surface area (Å²) in [6.45, 7) is 14.7. The molecule has 100 valence electrons. The Labute approximate surface area is 109 Å². The van der Waals surface area contributed by atoms with E-state index in [0.29, 0.717) is 16.2 Å². The van der Waals surface area contributed by atoms with Crippen molar-refractivity contribution in [1.29, 1.82) is 0 Å². The van der Waals surface area contributed by atoms with E-state index < -0.39 is 0 Å². The van der Waals surface area contributed by atoms with E-state index in [-0.39, 0.29) is 0 Å². The van der Waals surface area contributed by atoms with Crippen LogP contribution in [-0.4, -0.2) is 0 Å². The second kappa shape index (κ2) is 4.00. The van der Waals surface area contributed by atoms with Gasteiger partial charge in [-0.1, -0.05) is 48.0 Å². The van der Waals surface area contributed by atoms with Gasteiger partial charge < -0.3 is 0 Å². The van der Waals surface area contributed by atoms with Gasteiger partial charge in [0.15, 0.2) is 0 Å². The van der Waals surface area contributed by atoms with Gasteiger partial charge in [-0.2, -0.15) is 0 Å². The van der Waals surface area contributed by atoms with Gasteiger partial charge in [-0.25, -0.2) is 0 Å². The molecule has 0 heteroatoms. The predicted octanol–water partition coefficient (Wildman–Crippen LogP) is 5.67. The van der Waals surface area contributed by atoms with Gasteiger partial charge >= 0.3 is 0 Å². The Morgan fingerprint density at radius 1 is 1.06 bits per heavy atom. The summed E-state index contributed by atoms with van der Waals surface area (Å²) < 4.78 is 0. The highest BCUT2D eigenvalue weighted by Crippen LogP contribution is 2.60. The number of hydrogen-bond donors (Lipinski definition) is 0. The van der Waals surface area contributed by atoms with E-state index in [9.17, 15) is 0 Å². The fourth-order valence-electron chi connectivity index (χ4n) is 5.53. The first-order valence-corrected chi connectivity index (χ1v) is 7.60. The Morgan fingerprint density at radius 3 is 2.12 bits per heavy atom. The lowest BCUT2D eigenvalue weighted by Crippen LogP contribution is -2.32. The van der Waals surface area contributed by atoms with E-state index in [2.05, 4.69) is 41.5 Å². The molecule has 0 aromatic carbocycles. The SMILES string of the molecule is CC(C)(C)CC(C)(C)CC1(C)CC2CCC1C2. The lowest BCUT2D eigenvalue weighted by atomic mass is 9.62. The summed E-state index contributed by atoms with van der Waals surface area (Å²) in [5.41, 5.74) is 1.65. The van der Waals surface area contributed by atoms with Crippen molar-refractivity contribution in [2.24, 2.45) is 28.1 Å².